The number of hydrogen-bond acceptors (Lipinski definition) is 4. The number of aromatic nitrogens is 1. The normalized spacial score (nSPS) is 11.2. The Morgan fingerprint density at radius 3 is 2.50 bits per heavy atom. The van der Waals surface area contributed by atoms with Gasteiger partial charge >= 0.3 is 0 Å². The fourth-order valence-electron chi connectivity index (χ4n) is 1.08. The van der Waals surface area contributed by atoms with E-state index in [2.05, 4.69) is 9.71 Å². The fraction of sp³-hybridized carbons (Fsp3) is 0. The number of benzene rings is 1. The van der Waals surface area contributed by atoms with E-state index in [4.69, 9.17) is 5.73 Å². The third-order valence-electron chi connectivity index (χ3n) is 1.82. The highest BCUT2D eigenvalue weighted by Crippen LogP contribution is 2.19. The van der Waals surface area contributed by atoms with Crippen LogP contribution in [0.15, 0.2) is 40.7 Å². The van der Waals surface area contributed by atoms with Crippen molar-refractivity contribution in [3.05, 3.63) is 41.6 Å². The molecule has 0 unspecified atom stereocenters. The van der Waals surface area contributed by atoms with Crippen LogP contribution in [0, 0.1) is 0 Å². The van der Waals surface area contributed by atoms with E-state index in [0.717, 1.165) is 0 Å². The Labute approximate surface area is 97.0 Å². The average Bonchev–Trinajstić information content (AvgIpc) is 2.70. The Hall–Kier alpha value is -1.60. The lowest BCUT2D eigenvalue weighted by Gasteiger charge is -2.07. The first-order valence-corrected chi connectivity index (χ1v) is 6.68. The number of sulfonamides is 1. The molecule has 0 bridgehead atoms. The van der Waals surface area contributed by atoms with Gasteiger partial charge in [0.15, 0.2) is 5.13 Å². The summed E-state index contributed by atoms with van der Waals surface area (Å²) in [6.45, 7) is 0. The first-order valence-electron chi connectivity index (χ1n) is 4.32. The molecule has 16 heavy (non-hydrogen) atoms. The molecular formula is C9H8N3O2S2-. The lowest BCUT2D eigenvalue weighted by molar-refractivity contribution is 0.601. The largest absolute Gasteiger partial charge is 0.699 e. The predicted molar refractivity (Wildman–Crippen MR) is 63.3 cm³/mol. The average molecular weight is 254 g/mol. The zero-order chi connectivity index (χ0) is 11.6. The van der Waals surface area contributed by atoms with Crippen LogP contribution in [0.5, 0.6) is 0 Å². The molecule has 0 aliphatic heterocycles. The molecule has 0 spiro atoms. The fourth-order valence-corrected chi connectivity index (χ4v) is 2.87. The van der Waals surface area contributed by atoms with E-state index in [1.54, 1.807) is 5.38 Å². The number of nitrogens with zero attached hydrogens (tertiary/aromatic N) is 1. The third-order valence-corrected chi connectivity index (χ3v) is 3.99. The zero-order valence-electron chi connectivity index (χ0n) is 8.04. The maximum absolute atomic E-state index is 11.8. The molecule has 0 saturated carbocycles. The quantitative estimate of drug-likeness (QED) is 0.913. The van der Waals surface area contributed by atoms with Crippen molar-refractivity contribution in [1.82, 2.24) is 4.98 Å². The highest BCUT2D eigenvalue weighted by atomic mass is 32.2. The second-order valence-electron chi connectivity index (χ2n) is 2.97. The topological polar surface area (TPSA) is 82.9 Å². The molecule has 1 aromatic heterocycles. The van der Waals surface area contributed by atoms with Gasteiger partial charge in [-0.15, -0.1) is 17.0 Å². The van der Waals surface area contributed by atoms with E-state index in [1.807, 2.05) is 0 Å². The molecule has 1 heterocycles. The second kappa shape index (κ2) is 4.11. The zero-order valence-corrected chi connectivity index (χ0v) is 9.68. The van der Waals surface area contributed by atoms with Crippen LogP contribution >= 0.6 is 11.3 Å². The van der Waals surface area contributed by atoms with Gasteiger partial charge in [-0.2, -0.15) is 0 Å². The molecular weight excluding hydrogens is 246 g/mol. The van der Waals surface area contributed by atoms with Gasteiger partial charge in [0, 0.05) is 11.6 Å². The van der Waals surface area contributed by atoms with E-state index >= 15 is 0 Å². The Bertz CT molecular complexity index is 561. The van der Waals surface area contributed by atoms with E-state index < -0.39 is 10.0 Å². The van der Waals surface area contributed by atoms with Crippen LogP contribution in [0.3, 0.4) is 0 Å². The summed E-state index contributed by atoms with van der Waals surface area (Å²) in [6, 6.07) is 5.63. The van der Waals surface area contributed by atoms with Crippen LogP contribution in [0.25, 0.3) is 5.73 Å². The first-order chi connectivity index (χ1) is 7.58. The van der Waals surface area contributed by atoms with E-state index in [1.165, 1.54) is 41.8 Å². The number of rotatable bonds is 3. The standard InChI is InChI=1S/C9H8N3O2S2/c10-7-1-3-8(4-2-7)16(13,14)12-9-11-5-6-15-9/h1-6,10H,(H,11,12)/q-1. The van der Waals surface area contributed by atoms with Crippen LogP contribution in [0.4, 0.5) is 10.8 Å². The molecule has 0 aliphatic rings. The Morgan fingerprint density at radius 1 is 1.25 bits per heavy atom. The number of anilines is 1. The van der Waals surface area contributed by atoms with Crippen LogP contribution < -0.4 is 4.72 Å². The van der Waals surface area contributed by atoms with Crippen molar-refractivity contribution in [2.75, 3.05) is 4.72 Å². The Balaban J connectivity index is 2.29. The van der Waals surface area contributed by atoms with Gasteiger partial charge in [-0.3, -0.25) is 4.72 Å². The summed E-state index contributed by atoms with van der Waals surface area (Å²) in [6.07, 6.45) is 1.52. The smallest absolute Gasteiger partial charge is 0.263 e. The summed E-state index contributed by atoms with van der Waals surface area (Å²) in [5.74, 6) is 0. The second-order valence-corrected chi connectivity index (χ2v) is 5.54. The van der Waals surface area contributed by atoms with Gasteiger partial charge in [-0.1, -0.05) is 12.1 Å². The van der Waals surface area contributed by atoms with Gasteiger partial charge < -0.3 is 5.73 Å². The van der Waals surface area contributed by atoms with Gasteiger partial charge in [0.1, 0.15) is 0 Å². The molecule has 84 valence electrons. The van der Waals surface area contributed by atoms with Gasteiger partial charge in [-0.05, 0) is 12.1 Å². The lowest BCUT2D eigenvalue weighted by Crippen LogP contribution is -2.12. The molecule has 2 aromatic rings. The SMILES string of the molecule is [NH-]c1ccc(S(=O)(=O)Nc2nccs2)cc1. The van der Waals surface area contributed by atoms with E-state index in [9.17, 15) is 8.42 Å². The summed E-state index contributed by atoms with van der Waals surface area (Å²) in [7, 11) is -3.59. The summed E-state index contributed by atoms with van der Waals surface area (Å²) in [5.41, 5.74) is 7.54. The van der Waals surface area contributed by atoms with Crippen LogP contribution in [-0.2, 0) is 10.0 Å². The highest BCUT2D eigenvalue weighted by Gasteiger charge is 2.14. The van der Waals surface area contributed by atoms with Crippen molar-refractivity contribution < 1.29 is 8.42 Å². The maximum Gasteiger partial charge on any atom is 0.263 e. The minimum Gasteiger partial charge on any atom is -0.699 e. The van der Waals surface area contributed by atoms with Crippen molar-refractivity contribution in [3.63, 3.8) is 0 Å². The molecule has 0 saturated heterocycles. The van der Waals surface area contributed by atoms with Crippen molar-refractivity contribution in [1.29, 1.82) is 0 Å². The summed E-state index contributed by atoms with van der Waals surface area (Å²) < 4.78 is 26.0. The molecule has 1 aromatic carbocycles. The number of hydrogen-bond donors (Lipinski definition) is 1. The van der Waals surface area contributed by atoms with Gasteiger partial charge in [-0.25, -0.2) is 13.4 Å². The minimum atomic E-state index is -3.59. The van der Waals surface area contributed by atoms with Crippen LogP contribution in [0.1, 0.15) is 0 Å². The van der Waals surface area contributed by atoms with Crippen molar-refractivity contribution >= 4 is 32.2 Å². The molecule has 0 aliphatic carbocycles. The highest BCUT2D eigenvalue weighted by molar-refractivity contribution is 7.93. The van der Waals surface area contributed by atoms with Crippen molar-refractivity contribution in [2.24, 2.45) is 0 Å². The molecule has 0 fully saturated rings. The summed E-state index contributed by atoms with van der Waals surface area (Å²) >= 11 is 1.21. The van der Waals surface area contributed by atoms with Crippen LogP contribution in [0.2, 0.25) is 0 Å². The predicted octanol–water partition coefficient (Wildman–Crippen LogP) is 2.63. The molecule has 5 nitrogen and oxygen atoms in total. The molecule has 0 radical (unpaired) electrons. The molecule has 2 N–H and O–H groups in total. The molecule has 0 amide bonds. The monoisotopic (exact) mass is 254 g/mol. The number of thiazole rings is 1. The maximum atomic E-state index is 11.8. The molecule has 0 atom stereocenters. The molecule has 2 rings (SSSR count). The van der Waals surface area contributed by atoms with Crippen molar-refractivity contribution in [2.45, 2.75) is 4.90 Å². The third kappa shape index (κ3) is 2.31. The van der Waals surface area contributed by atoms with Gasteiger partial charge in [0.05, 0.1) is 4.90 Å². The van der Waals surface area contributed by atoms with Crippen molar-refractivity contribution in [3.8, 4) is 0 Å². The lowest BCUT2D eigenvalue weighted by atomic mass is 10.3. The molecule has 7 heteroatoms. The van der Waals surface area contributed by atoms with Crippen LogP contribution in [-0.4, -0.2) is 13.4 Å². The Morgan fingerprint density at radius 2 is 1.94 bits per heavy atom. The van der Waals surface area contributed by atoms with E-state index in [0.29, 0.717) is 5.13 Å². The van der Waals surface area contributed by atoms with Gasteiger partial charge in [0.2, 0.25) is 0 Å². The number of nitrogens with one attached hydrogen (secondary N) is 2. The first kappa shape index (κ1) is 10.9. The summed E-state index contributed by atoms with van der Waals surface area (Å²) in [4.78, 5) is 3.96. The van der Waals surface area contributed by atoms with E-state index in [-0.39, 0.29) is 10.6 Å². The Kier molecular flexibility index (Phi) is 2.80. The van der Waals surface area contributed by atoms with Gasteiger partial charge in [0.25, 0.3) is 10.0 Å². The summed E-state index contributed by atoms with van der Waals surface area (Å²) in [5, 5.41) is 2.01. The minimum absolute atomic E-state index is 0.124.